The Morgan fingerprint density at radius 1 is 0.792 bits per heavy atom. The molecule has 136 valence electrons. The minimum absolute atomic E-state index is 0.726. The number of esters is 2. The van der Waals surface area contributed by atoms with Crippen molar-refractivity contribution in [2.24, 2.45) is 0 Å². The van der Waals surface area contributed by atoms with Crippen molar-refractivity contribution in [3.8, 4) is 0 Å². The van der Waals surface area contributed by atoms with E-state index in [1.807, 2.05) is 0 Å². The summed E-state index contributed by atoms with van der Waals surface area (Å²) in [6.07, 6.45) is 0. The molecule has 24 heavy (non-hydrogen) atoms. The number of ether oxygens (including phenoxy) is 2. The molecule has 0 N–H and O–H groups in total. The summed E-state index contributed by atoms with van der Waals surface area (Å²) in [5.74, 6) is -2.88. The standard InChI is InChI=1S/C10H16N4O10/c1-9(5-11(17)18,7(15)23-3)13(21)14(22)10(2,6-12(19)20)8(16)24-4/h5-6H2,1-4H3/b14-13+. The van der Waals surface area contributed by atoms with E-state index < -0.39 is 55.7 Å². The summed E-state index contributed by atoms with van der Waals surface area (Å²) in [5.41, 5.74) is -5.32. The van der Waals surface area contributed by atoms with Crippen LogP contribution in [0.3, 0.4) is 0 Å². The molecule has 0 saturated heterocycles. The molecule has 0 fully saturated rings. The maximum Gasteiger partial charge on any atom is 0.393 e. The normalized spacial score (nSPS) is 16.8. The van der Waals surface area contributed by atoms with Crippen LogP contribution in [-0.4, -0.2) is 69.9 Å². The molecule has 0 rings (SSSR count). The summed E-state index contributed by atoms with van der Waals surface area (Å²) < 4.78 is 8.53. The lowest BCUT2D eigenvalue weighted by Crippen LogP contribution is -2.59. The highest BCUT2D eigenvalue weighted by Crippen LogP contribution is 2.19. The second-order valence-electron chi connectivity index (χ2n) is 5.06. The van der Waals surface area contributed by atoms with Gasteiger partial charge in [-0.05, 0) is 0 Å². The van der Waals surface area contributed by atoms with Crippen molar-refractivity contribution in [3.63, 3.8) is 0 Å². The summed E-state index contributed by atoms with van der Waals surface area (Å²) in [5, 5.41) is 45.9. The van der Waals surface area contributed by atoms with Crippen LogP contribution in [0.4, 0.5) is 0 Å². The highest BCUT2D eigenvalue weighted by Gasteiger charge is 2.61. The minimum Gasteiger partial charge on any atom is -0.566 e. The first kappa shape index (κ1) is 20.9. The highest BCUT2D eigenvalue weighted by atomic mass is 16.7. The smallest absolute Gasteiger partial charge is 0.393 e. The van der Waals surface area contributed by atoms with Crippen molar-refractivity contribution >= 4 is 11.9 Å². The molecule has 14 nitrogen and oxygen atoms in total. The van der Waals surface area contributed by atoms with E-state index in [9.17, 15) is 40.2 Å². The van der Waals surface area contributed by atoms with Crippen molar-refractivity contribution in [3.05, 3.63) is 30.6 Å². The molecule has 0 aromatic carbocycles. The van der Waals surface area contributed by atoms with Crippen molar-refractivity contribution in [2.75, 3.05) is 27.3 Å². The first-order valence-electron chi connectivity index (χ1n) is 6.22. The van der Waals surface area contributed by atoms with Gasteiger partial charge in [0, 0.05) is 23.7 Å². The third kappa shape index (κ3) is 4.02. The lowest BCUT2D eigenvalue weighted by atomic mass is 10.0. The maximum atomic E-state index is 12.2. The minimum atomic E-state index is -2.66. The van der Waals surface area contributed by atoms with E-state index in [-0.39, 0.29) is 0 Å². The Morgan fingerprint density at radius 3 is 1.21 bits per heavy atom. The van der Waals surface area contributed by atoms with Crippen LogP contribution in [0.5, 0.6) is 0 Å². The third-order valence-corrected chi connectivity index (χ3v) is 3.13. The summed E-state index contributed by atoms with van der Waals surface area (Å²) in [6, 6.07) is 0. The molecule has 0 spiro atoms. The number of azo groups is 1. The van der Waals surface area contributed by atoms with Gasteiger partial charge >= 0.3 is 23.0 Å². The second kappa shape index (κ2) is 7.47. The van der Waals surface area contributed by atoms with E-state index in [1.165, 1.54) is 0 Å². The Morgan fingerprint density at radius 2 is 1.04 bits per heavy atom. The fourth-order valence-electron chi connectivity index (χ4n) is 1.75. The van der Waals surface area contributed by atoms with Gasteiger partial charge in [0.15, 0.2) is 0 Å². The molecule has 2 atom stereocenters. The van der Waals surface area contributed by atoms with Gasteiger partial charge in [0.25, 0.3) is 13.1 Å². The zero-order valence-electron chi connectivity index (χ0n) is 13.3. The molecular formula is C10H16N4O10. The van der Waals surface area contributed by atoms with Crippen LogP contribution in [0.15, 0.2) is 0 Å². The van der Waals surface area contributed by atoms with Gasteiger partial charge in [-0.25, -0.2) is 9.59 Å². The average molecular weight is 352 g/mol. The van der Waals surface area contributed by atoms with Crippen LogP contribution >= 0.6 is 0 Å². The second-order valence-corrected chi connectivity index (χ2v) is 5.06. The number of nitro groups is 2. The molecule has 0 aromatic rings. The molecule has 0 amide bonds. The van der Waals surface area contributed by atoms with E-state index in [0.717, 1.165) is 28.1 Å². The van der Waals surface area contributed by atoms with Crippen LogP contribution in [0.2, 0.25) is 0 Å². The van der Waals surface area contributed by atoms with Crippen LogP contribution in [0, 0.1) is 30.6 Å². The first-order valence-corrected chi connectivity index (χ1v) is 6.22. The molecule has 0 radical (unpaired) electrons. The monoisotopic (exact) mass is 352 g/mol. The Balaban J connectivity index is 6.38. The van der Waals surface area contributed by atoms with Crippen molar-refractivity contribution < 1.29 is 38.6 Å². The molecule has 0 aliphatic rings. The maximum absolute atomic E-state index is 12.2. The van der Waals surface area contributed by atoms with E-state index in [1.54, 1.807) is 0 Å². The van der Waals surface area contributed by atoms with Gasteiger partial charge in [0.2, 0.25) is 0 Å². The zero-order chi connectivity index (χ0) is 19.3. The Kier molecular flexibility index (Phi) is 6.52. The zero-order valence-corrected chi connectivity index (χ0v) is 13.3. The fourth-order valence-corrected chi connectivity index (χ4v) is 1.75. The van der Waals surface area contributed by atoms with Gasteiger partial charge in [-0.2, -0.15) is 0 Å². The quantitative estimate of drug-likeness (QED) is 0.170. The number of hydrogen-bond donors (Lipinski definition) is 0. The number of nitrogens with zero attached hydrogens (tertiary/aromatic N) is 4. The number of carbonyl (C=O) groups excluding carboxylic acids is 2. The number of carbonyl (C=O) groups is 2. The largest absolute Gasteiger partial charge is 0.566 e. The van der Waals surface area contributed by atoms with E-state index in [0.29, 0.717) is 0 Å². The predicted octanol–water partition coefficient (Wildman–Crippen LogP) is -1.12. The predicted molar refractivity (Wildman–Crippen MR) is 71.8 cm³/mol. The number of rotatable bonds is 8. The van der Waals surface area contributed by atoms with Gasteiger partial charge in [-0.3, -0.25) is 20.2 Å². The van der Waals surface area contributed by atoms with Gasteiger partial charge in [0.1, 0.15) is 0 Å². The summed E-state index contributed by atoms with van der Waals surface area (Å²) in [6.45, 7) is -1.25. The van der Waals surface area contributed by atoms with Crippen molar-refractivity contribution in [1.82, 2.24) is 0 Å². The Hall–Kier alpha value is -3.06. The van der Waals surface area contributed by atoms with Gasteiger partial charge in [0.05, 0.1) is 23.9 Å². The molecule has 0 saturated carbocycles. The number of methoxy groups -OCH3 is 2. The van der Waals surface area contributed by atoms with E-state index in [2.05, 4.69) is 9.47 Å². The third-order valence-electron chi connectivity index (χ3n) is 3.13. The molecule has 0 aromatic heterocycles. The molecule has 0 heterocycles. The summed E-state index contributed by atoms with van der Waals surface area (Å²) >= 11 is 0. The molecule has 0 bridgehead atoms. The summed E-state index contributed by atoms with van der Waals surface area (Å²) in [7, 11) is 1.64. The molecule has 0 aliphatic heterocycles. The average Bonchev–Trinajstić information content (AvgIpc) is 2.49. The van der Waals surface area contributed by atoms with Crippen molar-refractivity contribution in [1.29, 1.82) is 0 Å². The number of hydroxylamine groups is 2. The molecule has 14 heteroatoms. The Bertz CT molecular complexity index is 540. The SMILES string of the molecule is COC(=O)C(C)(C[N+](=O)[O-])/[N+]([O-])=[N+](\[O-])C(C)(C[N+](=O)[O-])C(=O)OC. The van der Waals surface area contributed by atoms with Crippen LogP contribution in [-0.2, 0) is 19.1 Å². The van der Waals surface area contributed by atoms with Gasteiger partial charge in [-0.15, -0.1) is 0 Å². The highest BCUT2D eigenvalue weighted by molar-refractivity contribution is 5.79. The fraction of sp³-hybridized carbons (Fsp3) is 0.800. The van der Waals surface area contributed by atoms with Crippen LogP contribution < -0.4 is 0 Å². The van der Waals surface area contributed by atoms with Crippen LogP contribution in [0.25, 0.3) is 0 Å². The lowest BCUT2D eigenvalue weighted by molar-refractivity contribution is -1.02. The molecule has 0 aliphatic carbocycles. The first-order chi connectivity index (χ1) is 10.9. The van der Waals surface area contributed by atoms with E-state index in [4.69, 9.17) is 0 Å². The Labute approximate surface area is 134 Å². The molecule has 2 unspecified atom stereocenters. The lowest BCUT2D eigenvalue weighted by Gasteiger charge is -2.23. The van der Waals surface area contributed by atoms with Crippen molar-refractivity contribution in [2.45, 2.75) is 24.9 Å². The van der Waals surface area contributed by atoms with E-state index >= 15 is 0 Å². The van der Waals surface area contributed by atoms with Gasteiger partial charge < -0.3 is 19.9 Å². The summed E-state index contributed by atoms with van der Waals surface area (Å²) in [4.78, 5) is 41.2. The van der Waals surface area contributed by atoms with Gasteiger partial charge in [-0.1, -0.05) is 0 Å². The van der Waals surface area contributed by atoms with Crippen LogP contribution in [0.1, 0.15) is 13.8 Å². The molecular weight excluding hydrogens is 336 g/mol. The number of hydrogen-bond acceptors (Lipinski definition) is 10. The topological polar surface area (TPSA) is 191 Å².